The van der Waals surface area contributed by atoms with E-state index in [2.05, 4.69) is 9.38 Å². The van der Waals surface area contributed by atoms with E-state index < -0.39 is 0 Å². The minimum Gasteiger partial charge on any atom is -0.497 e. The number of aromatic nitrogens is 2. The second-order valence-corrected chi connectivity index (χ2v) is 8.86. The Morgan fingerprint density at radius 2 is 1.81 bits per heavy atom. The summed E-state index contributed by atoms with van der Waals surface area (Å²) in [6, 6.07) is 17.8. The maximum atomic E-state index is 13.4. The lowest BCUT2D eigenvalue weighted by molar-refractivity contribution is -0.130. The van der Waals surface area contributed by atoms with Crippen LogP contribution in [0.4, 0.5) is 0 Å². The number of aryl methyl sites for hydroxylation is 1. The molecule has 1 unspecified atom stereocenters. The summed E-state index contributed by atoms with van der Waals surface area (Å²) in [7, 11) is 6.74. The molecular formula is C29H33N3O4. The Bertz CT molecular complexity index is 1350. The molecule has 7 heteroatoms. The molecule has 0 saturated carbocycles. The molecule has 0 radical (unpaired) electrons. The Kier molecular flexibility index (Phi) is 7.78. The zero-order valence-corrected chi connectivity index (χ0v) is 21.5. The highest BCUT2D eigenvalue weighted by atomic mass is 16.5. The van der Waals surface area contributed by atoms with Crippen molar-refractivity contribution in [1.82, 2.24) is 14.3 Å². The molecule has 0 N–H and O–H groups in total. The van der Waals surface area contributed by atoms with Gasteiger partial charge in [-0.15, -0.1) is 0 Å². The van der Waals surface area contributed by atoms with Gasteiger partial charge in [-0.25, -0.2) is 4.98 Å². The van der Waals surface area contributed by atoms with Crippen LogP contribution in [0.5, 0.6) is 17.2 Å². The number of rotatable bonds is 10. The largest absolute Gasteiger partial charge is 0.497 e. The Morgan fingerprint density at radius 1 is 1.00 bits per heavy atom. The van der Waals surface area contributed by atoms with Crippen molar-refractivity contribution in [3.8, 4) is 17.2 Å². The minimum absolute atomic E-state index is 0.0610. The Balaban J connectivity index is 1.56. The molecule has 2 aromatic heterocycles. The van der Waals surface area contributed by atoms with Crippen molar-refractivity contribution in [2.75, 3.05) is 34.9 Å². The van der Waals surface area contributed by atoms with Crippen molar-refractivity contribution >= 4 is 11.6 Å². The van der Waals surface area contributed by atoms with Gasteiger partial charge in [0.25, 0.3) is 0 Å². The molecule has 188 valence electrons. The number of carbonyl (C=O) groups excluding carboxylic acids is 1. The third kappa shape index (κ3) is 5.30. The predicted octanol–water partition coefficient (Wildman–Crippen LogP) is 4.89. The number of benzene rings is 2. The number of hydrogen-bond donors (Lipinski definition) is 0. The molecule has 0 aliphatic carbocycles. The van der Waals surface area contributed by atoms with Crippen LogP contribution in [0.25, 0.3) is 5.65 Å². The van der Waals surface area contributed by atoms with Crippen LogP contribution in [0.1, 0.15) is 34.7 Å². The van der Waals surface area contributed by atoms with Gasteiger partial charge in [-0.1, -0.05) is 24.3 Å². The maximum absolute atomic E-state index is 13.4. The topological polar surface area (TPSA) is 65.3 Å². The maximum Gasteiger partial charge on any atom is 0.223 e. The van der Waals surface area contributed by atoms with Crippen molar-refractivity contribution in [2.24, 2.45) is 0 Å². The third-order valence-corrected chi connectivity index (χ3v) is 6.60. The van der Waals surface area contributed by atoms with Crippen molar-refractivity contribution in [3.05, 3.63) is 89.4 Å². The van der Waals surface area contributed by atoms with Gasteiger partial charge in [0.1, 0.15) is 11.4 Å². The molecule has 2 aromatic carbocycles. The van der Waals surface area contributed by atoms with Gasteiger partial charge >= 0.3 is 0 Å². The van der Waals surface area contributed by atoms with Gasteiger partial charge in [-0.05, 0) is 60.4 Å². The van der Waals surface area contributed by atoms with E-state index in [0.717, 1.165) is 33.8 Å². The van der Waals surface area contributed by atoms with Gasteiger partial charge in [0.05, 0.1) is 27.0 Å². The fourth-order valence-electron chi connectivity index (χ4n) is 4.47. The van der Waals surface area contributed by atoms with E-state index in [0.29, 0.717) is 30.9 Å². The van der Waals surface area contributed by atoms with Crippen LogP contribution in [0.2, 0.25) is 0 Å². The Morgan fingerprint density at radius 3 is 2.56 bits per heavy atom. The van der Waals surface area contributed by atoms with Gasteiger partial charge in [-0.3, -0.25) is 4.79 Å². The molecular weight excluding hydrogens is 454 g/mol. The Labute approximate surface area is 212 Å². The number of nitrogens with zero attached hydrogens (tertiary/aromatic N) is 3. The van der Waals surface area contributed by atoms with Gasteiger partial charge < -0.3 is 23.5 Å². The summed E-state index contributed by atoms with van der Waals surface area (Å²) in [6.07, 6.45) is 4.91. The molecule has 7 nitrogen and oxygen atoms in total. The second kappa shape index (κ2) is 11.2. The van der Waals surface area contributed by atoms with Crippen molar-refractivity contribution < 1.29 is 19.0 Å². The van der Waals surface area contributed by atoms with Crippen molar-refractivity contribution in [3.63, 3.8) is 0 Å². The summed E-state index contributed by atoms with van der Waals surface area (Å²) in [6.45, 7) is 2.63. The van der Waals surface area contributed by atoms with E-state index in [-0.39, 0.29) is 11.8 Å². The first-order chi connectivity index (χ1) is 17.4. The van der Waals surface area contributed by atoms with E-state index in [9.17, 15) is 4.79 Å². The molecule has 0 aliphatic heterocycles. The second-order valence-electron chi connectivity index (χ2n) is 8.86. The minimum atomic E-state index is -0.173. The van der Waals surface area contributed by atoms with E-state index in [1.807, 2.05) is 81.0 Å². The summed E-state index contributed by atoms with van der Waals surface area (Å²) in [5, 5.41) is 0. The average Bonchev–Trinajstić information content (AvgIpc) is 3.35. The van der Waals surface area contributed by atoms with Gasteiger partial charge in [0.2, 0.25) is 5.91 Å². The lowest BCUT2D eigenvalue weighted by Gasteiger charge is -2.23. The molecule has 2 heterocycles. The standard InChI is InChI=1S/C29H33N3O4/c1-20-8-7-14-32-25(19-30-29(20)32)24(22-9-6-10-23(17-22)34-3)18-28(33)31(2)15-13-21-11-12-26(35-4)27(16-21)36-5/h6-12,14,16-17,19,24H,13,15,18H2,1-5H3. The van der Waals surface area contributed by atoms with Gasteiger partial charge in [0, 0.05) is 38.3 Å². The molecule has 1 atom stereocenters. The number of carbonyl (C=O) groups is 1. The number of likely N-dealkylation sites (N-methyl/N-ethyl adjacent to an activating group) is 1. The van der Waals surface area contributed by atoms with E-state index >= 15 is 0 Å². The van der Waals surface area contributed by atoms with Crippen LogP contribution in [0.3, 0.4) is 0 Å². The number of fused-ring (bicyclic) bond motifs is 1. The first kappa shape index (κ1) is 25.1. The molecule has 0 bridgehead atoms. The fourth-order valence-corrected chi connectivity index (χ4v) is 4.47. The molecule has 36 heavy (non-hydrogen) atoms. The zero-order valence-electron chi connectivity index (χ0n) is 21.5. The molecule has 0 saturated heterocycles. The third-order valence-electron chi connectivity index (χ3n) is 6.60. The highest BCUT2D eigenvalue weighted by molar-refractivity contribution is 5.77. The lowest BCUT2D eigenvalue weighted by atomic mass is 9.92. The Hall–Kier alpha value is -4.00. The van der Waals surface area contributed by atoms with Crippen LogP contribution in [0.15, 0.2) is 67.0 Å². The first-order valence-corrected chi connectivity index (χ1v) is 12.0. The fraction of sp³-hybridized carbons (Fsp3) is 0.310. The van der Waals surface area contributed by atoms with E-state index in [1.165, 1.54) is 0 Å². The van der Waals surface area contributed by atoms with Gasteiger partial charge in [-0.2, -0.15) is 0 Å². The first-order valence-electron chi connectivity index (χ1n) is 12.0. The SMILES string of the molecule is COc1cccc(C(CC(=O)N(C)CCc2ccc(OC)c(OC)c2)c2cnc3c(C)cccn23)c1. The molecule has 4 rings (SSSR count). The number of hydrogen-bond acceptors (Lipinski definition) is 5. The van der Waals surface area contributed by atoms with E-state index in [1.54, 1.807) is 26.2 Å². The van der Waals surface area contributed by atoms with Crippen molar-refractivity contribution in [1.29, 1.82) is 0 Å². The normalized spacial score (nSPS) is 11.8. The highest BCUT2D eigenvalue weighted by Gasteiger charge is 2.24. The van der Waals surface area contributed by atoms with Crippen molar-refractivity contribution in [2.45, 2.75) is 25.7 Å². The molecule has 0 fully saturated rings. The predicted molar refractivity (Wildman–Crippen MR) is 140 cm³/mol. The summed E-state index contributed by atoms with van der Waals surface area (Å²) < 4.78 is 18.3. The number of pyridine rings is 1. The van der Waals surface area contributed by atoms with Crippen LogP contribution in [-0.4, -0.2) is 55.1 Å². The number of methoxy groups -OCH3 is 3. The quantitative estimate of drug-likeness (QED) is 0.319. The van der Waals surface area contributed by atoms with Crippen LogP contribution >= 0.6 is 0 Å². The monoisotopic (exact) mass is 487 g/mol. The number of amides is 1. The molecule has 4 aromatic rings. The van der Waals surface area contributed by atoms with Crippen LogP contribution in [-0.2, 0) is 11.2 Å². The molecule has 0 aliphatic rings. The highest BCUT2D eigenvalue weighted by Crippen LogP contribution is 2.32. The number of ether oxygens (including phenoxy) is 3. The van der Waals surface area contributed by atoms with Crippen LogP contribution in [0, 0.1) is 6.92 Å². The summed E-state index contributed by atoms with van der Waals surface area (Å²) in [4.78, 5) is 19.9. The zero-order chi connectivity index (χ0) is 25.7. The molecule has 1 amide bonds. The summed E-state index contributed by atoms with van der Waals surface area (Å²) >= 11 is 0. The molecule has 0 spiro atoms. The lowest BCUT2D eigenvalue weighted by Crippen LogP contribution is -2.30. The van der Waals surface area contributed by atoms with E-state index in [4.69, 9.17) is 14.2 Å². The van der Waals surface area contributed by atoms with Crippen LogP contribution < -0.4 is 14.2 Å². The number of imidazole rings is 1. The summed E-state index contributed by atoms with van der Waals surface area (Å²) in [5.74, 6) is 2.02. The average molecular weight is 488 g/mol. The summed E-state index contributed by atoms with van der Waals surface area (Å²) in [5.41, 5.74) is 5.05. The smallest absolute Gasteiger partial charge is 0.223 e. The van der Waals surface area contributed by atoms with Gasteiger partial charge in [0.15, 0.2) is 11.5 Å².